The largest absolute Gasteiger partial charge is 0.492 e. The van der Waals surface area contributed by atoms with Gasteiger partial charge in [0.25, 0.3) is 5.56 Å². The minimum Gasteiger partial charge on any atom is -0.492 e. The minimum atomic E-state index is -0.156. The maximum Gasteiger partial charge on any atom is 0.258 e. The molecule has 0 radical (unpaired) electrons. The van der Waals surface area contributed by atoms with Gasteiger partial charge in [-0.2, -0.15) is 0 Å². The summed E-state index contributed by atoms with van der Waals surface area (Å²) in [5.74, 6) is 1.21. The molecule has 0 aliphatic carbocycles. The number of carbonyl (C=O) groups is 1. The molecule has 0 unspecified atom stereocenters. The van der Waals surface area contributed by atoms with Gasteiger partial charge < -0.3 is 20.8 Å². The van der Waals surface area contributed by atoms with E-state index in [1.54, 1.807) is 36.4 Å². The highest BCUT2D eigenvalue weighted by atomic mass is 16.5. The van der Waals surface area contributed by atoms with Crippen molar-refractivity contribution in [2.75, 3.05) is 18.5 Å². The molecule has 0 saturated carbocycles. The van der Waals surface area contributed by atoms with Crippen LogP contribution in [0.25, 0.3) is 10.9 Å². The second kappa shape index (κ2) is 8.95. The Labute approximate surface area is 156 Å². The van der Waals surface area contributed by atoms with Crippen molar-refractivity contribution in [3.05, 3.63) is 64.7 Å². The Hall–Kier alpha value is -3.19. The van der Waals surface area contributed by atoms with Gasteiger partial charge in [-0.1, -0.05) is 12.1 Å². The molecule has 3 aromatic rings. The van der Waals surface area contributed by atoms with Crippen LogP contribution in [-0.2, 0) is 11.2 Å². The van der Waals surface area contributed by atoms with E-state index in [4.69, 9.17) is 10.5 Å². The first-order valence-electron chi connectivity index (χ1n) is 8.86. The highest BCUT2D eigenvalue weighted by Gasteiger charge is 2.06. The van der Waals surface area contributed by atoms with E-state index in [0.717, 1.165) is 0 Å². The smallest absolute Gasteiger partial charge is 0.258 e. The number of aromatic amines is 1. The third-order valence-electron chi connectivity index (χ3n) is 4.00. The number of carbonyl (C=O) groups excluding carboxylic acids is 1. The lowest BCUT2D eigenvalue weighted by atomic mass is 10.2. The van der Waals surface area contributed by atoms with E-state index in [1.807, 2.05) is 12.1 Å². The monoisotopic (exact) mass is 366 g/mol. The SMILES string of the molecule is NCCOc1ccc(NC(=O)CCCc2nc3ccccc3c(=O)[nH]2)cc1. The summed E-state index contributed by atoms with van der Waals surface area (Å²) in [7, 11) is 0. The van der Waals surface area contributed by atoms with Crippen molar-refractivity contribution in [3.8, 4) is 5.75 Å². The van der Waals surface area contributed by atoms with E-state index in [9.17, 15) is 9.59 Å². The number of H-pyrrole nitrogens is 1. The summed E-state index contributed by atoms with van der Waals surface area (Å²) >= 11 is 0. The molecule has 0 aliphatic rings. The van der Waals surface area contributed by atoms with Crippen LogP contribution in [0.5, 0.6) is 5.75 Å². The third kappa shape index (κ3) is 5.15. The zero-order valence-corrected chi connectivity index (χ0v) is 14.9. The van der Waals surface area contributed by atoms with Crippen molar-refractivity contribution in [1.29, 1.82) is 0 Å². The molecule has 27 heavy (non-hydrogen) atoms. The lowest BCUT2D eigenvalue weighted by Gasteiger charge is -2.08. The molecule has 7 nitrogen and oxygen atoms in total. The molecule has 0 atom stereocenters. The number of anilines is 1. The Kier molecular flexibility index (Phi) is 6.17. The molecule has 140 valence electrons. The van der Waals surface area contributed by atoms with E-state index < -0.39 is 0 Å². The molecule has 4 N–H and O–H groups in total. The molecule has 3 rings (SSSR count). The Balaban J connectivity index is 1.50. The number of nitrogens with zero attached hydrogens (tertiary/aromatic N) is 1. The number of aromatic nitrogens is 2. The van der Waals surface area contributed by atoms with Crippen molar-refractivity contribution in [2.24, 2.45) is 5.73 Å². The van der Waals surface area contributed by atoms with Crippen LogP contribution in [0.1, 0.15) is 18.7 Å². The second-order valence-electron chi connectivity index (χ2n) is 6.09. The van der Waals surface area contributed by atoms with Gasteiger partial charge in [-0.25, -0.2) is 4.98 Å². The van der Waals surface area contributed by atoms with Gasteiger partial charge in [-0.15, -0.1) is 0 Å². The summed E-state index contributed by atoms with van der Waals surface area (Å²) in [4.78, 5) is 31.3. The van der Waals surface area contributed by atoms with E-state index in [0.29, 0.717) is 60.6 Å². The highest BCUT2D eigenvalue weighted by molar-refractivity contribution is 5.90. The van der Waals surface area contributed by atoms with Gasteiger partial charge in [-0.3, -0.25) is 9.59 Å². The zero-order chi connectivity index (χ0) is 19.1. The maximum atomic E-state index is 12.1. The molecule has 0 fully saturated rings. The van der Waals surface area contributed by atoms with Gasteiger partial charge >= 0.3 is 0 Å². The van der Waals surface area contributed by atoms with Crippen LogP contribution in [0.2, 0.25) is 0 Å². The van der Waals surface area contributed by atoms with E-state index in [1.165, 1.54) is 0 Å². The Morgan fingerprint density at radius 2 is 1.93 bits per heavy atom. The number of rotatable bonds is 8. The number of ether oxygens (including phenoxy) is 1. The summed E-state index contributed by atoms with van der Waals surface area (Å²) in [6, 6.07) is 14.3. The number of aryl methyl sites for hydroxylation is 1. The maximum absolute atomic E-state index is 12.1. The number of nitrogens with one attached hydrogen (secondary N) is 2. The molecule has 2 aromatic carbocycles. The van der Waals surface area contributed by atoms with Crippen LogP contribution in [0, 0.1) is 0 Å². The summed E-state index contributed by atoms with van der Waals surface area (Å²) in [5, 5.41) is 3.41. The van der Waals surface area contributed by atoms with Gasteiger partial charge in [-0.05, 0) is 42.8 Å². The number of para-hydroxylation sites is 1. The summed E-state index contributed by atoms with van der Waals surface area (Å²) < 4.78 is 5.40. The van der Waals surface area contributed by atoms with Crippen molar-refractivity contribution in [3.63, 3.8) is 0 Å². The molecular formula is C20H22N4O3. The zero-order valence-electron chi connectivity index (χ0n) is 14.9. The van der Waals surface area contributed by atoms with Gasteiger partial charge in [0, 0.05) is 25.1 Å². The van der Waals surface area contributed by atoms with E-state index in [-0.39, 0.29) is 11.5 Å². The van der Waals surface area contributed by atoms with Crippen molar-refractivity contribution in [2.45, 2.75) is 19.3 Å². The summed E-state index contributed by atoms with van der Waals surface area (Å²) in [6.45, 7) is 0.909. The van der Waals surface area contributed by atoms with Crippen molar-refractivity contribution >= 4 is 22.5 Å². The molecule has 1 amide bonds. The standard InChI is InChI=1S/C20H22N4O3/c21-12-13-27-15-10-8-14(9-11-15)22-19(25)7-3-6-18-23-17-5-2-1-4-16(17)20(26)24-18/h1-2,4-5,8-11H,3,6-7,12-13,21H2,(H,22,25)(H,23,24,26). The molecule has 1 heterocycles. The van der Waals surface area contributed by atoms with Crippen LogP contribution in [0.4, 0.5) is 5.69 Å². The number of fused-ring (bicyclic) bond motifs is 1. The van der Waals surface area contributed by atoms with Crippen molar-refractivity contribution in [1.82, 2.24) is 9.97 Å². The van der Waals surface area contributed by atoms with Gasteiger partial charge in [0.1, 0.15) is 18.2 Å². The molecule has 0 spiro atoms. The quantitative estimate of drug-likeness (QED) is 0.566. The molecule has 1 aromatic heterocycles. The number of nitrogens with two attached hydrogens (primary N) is 1. The Morgan fingerprint density at radius 1 is 1.15 bits per heavy atom. The number of hydrogen-bond donors (Lipinski definition) is 3. The van der Waals surface area contributed by atoms with Crippen molar-refractivity contribution < 1.29 is 9.53 Å². The lowest BCUT2D eigenvalue weighted by Crippen LogP contribution is -2.14. The fourth-order valence-electron chi connectivity index (χ4n) is 2.70. The number of amides is 1. The second-order valence-corrected chi connectivity index (χ2v) is 6.09. The predicted octanol–water partition coefficient (Wildman–Crippen LogP) is 2.22. The van der Waals surface area contributed by atoms with Crippen LogP contribution < -0.4 is 21.3 Å². The number of hydrogen-bond acceptors (Lipinski definition) is 5. The molecule has 0 bridgehead atoms. The minimum absolute atomic E-state index is 0.0891. The average Bonchev–Trinajstić information content (AvgIpc) is 2.67. The summed E-state index contributed by atoms with van der Waals surface area (Å²) in [5.41, 5.74) is 6.60. The van der Waals surface area contributed by atoms with E-state index >= 15 is 0 Å². The summed E-state index contributed by atoms with van der Waals surface area (Å²) in [6.07, 6.45) is 1.45. The molecular weight excluding hydrogens is 344 g/mol. The van der Waals surface area contributed by atoms with Crippen LogP contribution in [-0.4, -0.2) is 29.0 Å². The van der Waals surface area contributed by atoms with Crippen LogP contribution in [0.15, 0.2) is 53.3 Å². The number of benzene rings is 2. The van der Waals surface area contributed by atoms with E-state index in [2.05, 4.69) is 15.3 Å². The molecule has 7 heteroatoms. The van der Waals surface area contributed by atoms with Crippen LogP contribution in [0.3, 0.4) is 0 Å². The van der Waals surface area contributed by atoms with Gasteiger partial charge in [0.2, 0.25) is 5.91 Å². The average molecular weight is 366 g/mol. The van der Waals surface area contributed by atoms with Crippen LogP contribution >= 0.6 is 0 Å². The topological polar surface area (TPSA) is 110 Å². The highest BCUT2D eigenvalue weighted by Crippen LogP contribution is 2.16. The third-order valence-corrected chi connectivity index (χ3v) is 4.00. The van der Waals surface area contributed by atoms with Gasteiger partial charge in [0.15, 0.2) is 0 Å². The molecule has 0 aliphatic heterocycles. The normalized spacial score (nSPS) is 10.7. The first kappa shape index (κ1) is 18.6. The molecule has 0 saturated heterocycles. The fraction of sp³-hybridized carbons (Fsp3) is 0.250. The fourth-order valence-corrected chi connectivity index (χ4v) is 2.70. The van der Waals surface area contributed by atoms with Gasteiger partial charge in [0.05, 0.1) is 10.9 Å². The Bertz CT molecular complexity index is 967. The first-order chi connectivity index (χ1) is 13.2. The first-order valence-corrected chi connectivity index (χ1v) is 8.86. The predicted molar refractivity (Wildman–Crippen MR) is 105 cm³/mol. The lowest BCUT2D eigenvalue weighted by molar-refractivity contribution is -0.116. The Morgan fingerprint density at radius 3 is 2.70 bits per heavy atom.